The maximum atomic E-state index is 13.9. The molecule has 3 aliphatic carbocycles. The first-order valence-corrected chi connectivity index (χ1v) is 10.3. The number of carbonyl (C=O) groups excluding carboxylic acids is 2. The summed E-state index contributed by atoms with van der Waals surface area (Å²) in [5.41, 5.74) is 4.13. The molecule has 3 aromatic rings. The highest BCUT2D eigenvalue weighted by molar-refractivity contribution is 6.25. The molecule has 0 radical (unpaired) electrons. The monoisotopic (exact) mass is 409 g/mol. The molecule has 2 bridgehead atoms. The highest BCUT2D eigenvalue weighted by Crippen LogP contribution is 2.67. The Morgan fingerprint density at radius 2 is 1.35 bits per heavy atom. The number of hydrogen-bond donors (Lipinski definition) is 1. The molecule has 5 nitrogen and oxygen atoms in total. The summed E-state index contributed by atoms with van der Waals surface area (Å²) in [6.45, 7) is 1.92. The first kappa shape index (κ1) is 18.1. The van der Waals surface area contributed by atoms with Crippen LogP contribution in [0.25, 0.3) is 0 Å². The minimum Gasteiger partial charge on any atom is -0.478 e. The Kier molecular flexibility index (Phi) is 3.45. The minimum absolute atomic E-state index is 0.117. The van der Waals surface area contributed by atoms with E-state index in [0.29, 0.717) is 5.69 Å². The highest BCUT2D eigenvalue weighted by atomic mass is 16.4. The van der Waals surface area contributed by atoms with Gasteiger partial charge in [-0.05, 0) is 53.4 Å². The van der Waals surface area contributed by atoms with E-state index in [1.165, 1.54) is 17.0 Å². The summed E-state index contributed by atoms with van der Waals surface area (Å²) < 4.78 is 0. The Labute approximate surface area is 178 Å². The molecule has 1 aliphatic heterocycles. The van der Waals surface area contributed by atoms with E-state index < -0.39 is 17.3 Å². The fraction of sp³-hybridized carbons (Fsp3) is 0.192. The van der Waals surface area contributed by atoms with Crippen molar-refractivity contribution in [2.24, 2.45) is 11.3 Å². The van der Waals surface area contributed by atoms with Gasteiger partial charge in [-0.25, -0.2) is 9.69 Å². The number of carboxylic acid groups (broad SMARTS) is 1. The van der Waals surface area contributed by atoms with Crippen molar-refractivity contribution in [3.63, 3.8) is 0 Å². The van der Waals surface area contributed by atoms with E-state index in [2.05, 4.69) is 24.3 Å². The predicted octanol–water partition coefficient (Wildman–Crippen LogP) is 4.17. The molecule has 7 rings (SSSR count). The number of carboxylic acids is 1. The number of aromatic carboxylic acids is 1. The van der Waals surface area contributed by atoms with Crippen LogP contribution in [0.4, 0.5) is 5.69 Å². The highest BCUT2D eigenvalue weighted by Gasteiger charge is 2.68. The Morgan fingerprint density at radius 1 is 0.839 bits per heavy atom. The van der Waals surface area contributed by atoms with Gasteiger partial charge in [-0.2, -0.15) is 0 Å². The van der Waals surface area contributed by atoms with Crippen LogP contribution in [0.5, 0.6) is 0 Å². The van der Waals surface area contributed by atoms with Gasteiger partial charge in [-0.1, -0.05) is 48.5 Å². The second-order valence-electron chi connectivity index (χ2n) is 8.76. The van der Waals surface area contributed by atoms with Crippen LogP contribution in [-0.4, -0.2) is 22.9 Å². The first-order valence-electron chi connectivity index (χ1n) is 10.3. The molecular formula is C26H19NO4. The fourth-order valence-electron chi connectivity index (χ4n) is 6.11. The van der Waals surface area contributed by atoms with Gasteiger partial charge >= 0.3 is 5.97 Å². The first-order chi connectivity index (χ1) is 14.9. The Balaban J connectivity index is 1.56. The van der Waals surface area contributed by atoms with Crippen molar-refractivity contribution in [3.05, 3.63) is 101 Å². The van der Waals surface area contributed by atoms with Gasteiger partial charge in [-0.15, -0.1) is 0 Å². The summed E-state index contributed by atoms with van der Waals surface area (Å²) in [5.74, 6) is -2.35. The van der Waals surface area contributed by atoms with Crippen LogP contribution < -0.4 is 4.90 Å². The maximum Gasteiger partial charge on any atom is 0.335 e. The van der Waals surface area contributed by atoms with Crippen LogP contribution >= 0.6 is 0 Å². The van der Waals surface area contributed by atoms with Gasteiger partial charge in [-0.3, -0.25) is 9.59 Å². The molecule has 0 aromatic heterocycles. The van der Waals surface area contributed by atoms with E-state index in [-0.39, 0.29) is 29.2 Å². The van der Waals surface area contributed by atoms with Gasteiger partial charge in [0.25, 0.3) is 0 Å². The summed E-state index contributed by atoms with van der Waals surface area (Å²) in [4.78, 5) is 40.2. The molecule has 1 N–H and O–H groups in total. The van der Waals surface area contributed by atoms with Crippen LogP contribution in [0.15, 0.2) is 72.8 Å². The molecule has 152 valence electrons. The van der Waals surface area contributed by atoms with Crippen molar-refractivity contribution < 1.29 is 19.5 Å². The fourth-order valence-corrected chi connectivity index (χ4v) is 6.11. The smallest absolute Gasteiger partial charge is 0.335 e. The molecule has 2 atom stereocenters. The number of nitrogens with zero attached hydrogens (tertiary/aromatic N) is 1. The minimum atomic E-state index is -1.05. The largest absolute Gasteiger partial charge is 0.478 e. The van der Waals surface area contributed by atoms with Crippen molar-refractivity contribution in [3.8, 4) is 0 Å². The third-order valence-corrected chi connectivity index (χ3v) is 7.39. The number of imide groups is 1. The second-order valence-corrected chi connectivity index (χ2v) is 8.76. The van der Waals surface area contributed by atoms with E-state index >= 15 is 0 Å². The van der Waals surface area contributed by atoms with Crippen LogP contribution in [0.1, 0.15) is 51.4 Å². The molecule has 2 amide bonds. The lowest BCUT2D eigenvalue weighted by Gasteiger charge is -2.51. The molecule has 3 aromatic carbocycles. The lowest BCUT2D eigenvalue weighted by atomic mass is 9.48. The van der Waals surface area contributed by atoms with Crippen molar-refractivity contribution in [1.29, 1.82) is 0 Å². The number of rotatable bonds is 2. The zero-order valence-corrected chi connectivity index (χ0v) is 16.8. The van der Waals surface area contributed by atoms with Crippen LogP contribution in [0.3, 0.4) is 0 Å². The Hall–Kier alpha value is -3.73. The van der Waals surface area contributed by atoms with E-state index in [9.17, 15) is 19.5 Å². The van der Waals surface area contributed by atoms with Gasteiger partial charge < -0.3 is 5.11 Å². The lowest BCUT2D eigenvalue weighted by Crippen LogP contribution is -2.49. The normalized spacial score (nSPS) is 27.6. The molecule has 5 heteroatoms. The molecule has 0 spiro atoms. The molecule has 1 fully saturated rings. The average molecular weight is 409 g/mol. The molecule has 0 saturated carbocycles. The van der Waals surface area contributed by atoms with Gasteiger partial charge in [0.15, 0.2) is 0 Å². The number of carbonyl (C=O) groups is 3. The number of amides is 2. The summed E-state index contributed by atoms with van der Waals surface area (Å²) in [6, 6.07) is 22.2. The third-order valence-electron chi connectivity index (χ3n) is 7.39. The topological polar surface area (TPSA) is 74.7 Å². The van der Waals surface area contributed by atoms with E-state index in [1.807, 2.05) is 31.2 Å². The van der Waals surface area contributed by atoms with E-state index in [0.717, 1.165) is 22.3 Å². The zero-order valence-electron chi connectivity index (χ0n) is 16.8. The van der Waals surface area contributed by atoms with Crippen LogP contribution in [0.2, 0.25) is 0 Å². The summed E-state index contributed by atoms with van der Waals surface area (Å²) in [7, 11) is 0. The molecule has 1 saturated heterocycles. The summed E-state index contributed by atoms with van der Waals surface area (Å²) in [6.07, 6.45) is 0. The van der Waals surface area contributed by atoms with Crippen LogP contribution in [-0.2, 0) is 9.59 Å². The SMILES string of the molecule is C[C@@]12C(=O)N(c3ccc(C(=O)O)cc3)C(=O)[C@H]1C1c3ccccc3C2c2ccccc21. The summed E-state index contributed by atoms with van der Waals surface area (Å²) >= 11 is 0. The standard InChI is InChI=1S/C26H19NO4/c1-26-21-18-8-4-2-6-16(18)20(17-7-3-5-9-19(17)21)22(26)23(28)27(25(26)31)15-12-10-14(11-13-15)24(29)30/h2-13,20-22H,1H3,(H,29,30)/t20?,21?,22-,26+/m1/s1. The van der Waals surface area contributed by atoms with Gasteiger partial charge in [0.2, 0.25) is 11.8 Å². The molecule has 4 aliphatic rings. The zero-order chi connectivity index (χ0) is 21.5. The third kappa shape index (κ3) is 2.08. The maximum absolute atomic E-state index is 13.9. The average Bonchev–Trinajstić information content (AvgIpc) is 2.99. The Bertz CT molecular complexity index is 1250. The number of hydrogen-bond acceptors (Lipinski definition) is 3. The number of anilines is 1. The summed E-state index contributed by atoms with van der Waals surface area (Å²) in [5, 5.41) is 9.19. The molecular weight excluding hydrogens is 390 g/mol. The van der Waals surface area contributed by atoms with Gasteiger partial charge in [0.05, 0.1) is 22.6 Å². The molecule has 31 heavy (non-hydrogen) atoms. The second kappa shape index (κ2) is 5.91. The van der Waals surface area contributed by atoms with E-state index in [4.69, 9.17) is 0 Å². The van der Waals surface area contributed by atoms with Gasteiger partial charge in [0.1, 0.15) is 0 Å². The van der Waals surface area contributed by atoms with Crippen molar-refractivity contribution in [2.45, 2.75) is 18.8 Å². The van der Waals surface area contributed by atoms with Crippen molar-refractivity contribution >= 4 is 23.5 Å². The van der Waals surface area contributed by atoms with Gasteiger partial charge in [0, 0.05) is 11.8 Å². The van der Waals surface area contributed by atoms with Crippen LogP contribution in [0, 0.1) is 11.3 Å². The molecule has 0 unspecified atom stereocenters. The molecule has 1 heterocycles. The predicted molar refractivity (Wildman–Crippen MR) is 114 cm³/mol. The Morgan fingerprint density at radius 3 is 1.87 bits per heavy atom. The van der Waals surface area contributed by atoms with Crippen molar-refractivity contribution in [1.82, 2.24) is 0 Å². The number of benzene rings is 3. The van der Waals surface area contributed by atoms with E-state index in [1.54, 1.807) is 12.1 Å². The lowest BCUT2D eigenvalue weighted by molar-refractivity contribution is -0.128. The van der Waals surface area contributed by atoms with Crippen molar-refractivity contribution in [2.75, 3.05) is 4.90 Å². The quantitative estimate of drug-likeness (QED) is 0.645.